The standard InChI is InChI=1S/C25H29N3O3/c29-23-11-6-16-28(23)17-18-12-14-19(15-13-18)24(30)27-22-10-5-4-9-21(22)25(31)26-20-7-2-1-3-8-20/h4-5,9-10,12-15,20H,1-3,6-8,11,16-17H2,(H,26,31)(H,27,30). The van der Waals surface area contributed by atoms with Gasteiger partial charge in [0, 0.05) is 31.1 Å². The van der Waals surface area contributed by atoms with Crippen molar-refractivity contribution in [1.29, 1.82) is 0 Å². The number of likely N-dealkylation sites (tertiary alicyclic amines) is 1. The first-order valence-corrected chi connectivity index (χ1v) is 11.2. The van der Waals surface area contributed by atoms with Crippen LogP contribution in [0.5, 0.6) is 0 Å². The van der Waals surface area contributed by atoms with E-state index in [-0.39, 0.29) is 23.8 Å². The number of benzene rings is 2. The number of hydrogen-bond donors (Lipinski definition) is 2. The van der Waals surface area contributed by atoms with Gasteiger partial charge in [0.05, 0.1) is 11.3 Å². The van der Waals surface area contributed by atoms with Crippen molar-refractivity contribution in [3.05, 3.63) is 65.2 Å². The van der Waals surface area contributed by atoms with Crippen molar-refractivity contribution >= 4 is 23.4 Å². The Morgan fingerprint density at radius 3 is 2.35 bits per heavy atom. The fourth-order valence-electron chi connectivity index (χ4n) is 4.35. The molecule has 2 aromatic rings. The van der Waals surface area contributed by atoms with E-state index in [0.29, 0.717) is 29.8 Å². The van der Waals surface area contributed by atoms with Gasteiger partial charge in [0.25, 0.3) is 11.8 Å². The van der Waals surface area contributed by atoms with E-state index in [1.54, 1.807) is 30.3 Å². The van der Waals surface area contributed by atoms with Crippen molar-refractivity contribution in [3.63, 3.8) is 0 Å². The first-order chi connectivity index (χ1) is 15.1. The minimum atomic E-state index is -0.262. The molecule has 2 N–H and O–H groups in total. The van der Waals surface area contributed by atoms with Gasteiger partial charge in [-0.25, -0.2) is 0 Å². The zero-order valence-electron chi connectivity index (χ0n) is 17.7. The van der Waals surface area contributed by atoms with E-state index in [4.69, 9.17) is 0 Å². The van der Waals surface area contributed by atoms with Gasteiger partial charge in [0.1, 0.15) is 0 Å². The summed E-state index contributed by atoms with van der Waals surface area (Å²) in [5.41, 5.74) is 2.50. The predicted octanol–water partition coefficient (Wildman–Crippen LogP) is 4.12. The van der Waals surface area contributed by atoms with Gasteiger partial charge >= 0.3 is 0 Å². The zero-order valence-corrected chi connectivity index (χ0v) is 17.7. The molecule has 0 radical (unpaired) electrons. The molecule has 6 heteroatoms. The van der Waals surface area contributed by atoms with Crippen LogP contribution in [-0.4, -0.2) is 35.2 Å². The molecular weight excluding hydrogens is 390 g/mol. The van der Waals surface area contributed by atoms with Gasteiger partial charge in [-0.2, -0.15) is 0 Å². The lowest BCUT2D eigenvalue weighted by atomic mass is 9.95. The Labute approximate surface area is 183 Å². The molecule has 1 saturated heterocycles. The fraction of sp³-hybridized carbons (Fsp3) is 0.400. The van der Waals surface area contributed by atoms with E-state index in [9.17, 15) is 14.4 Å². The van der Waals surface area contributed by atoms with Gasteiger partial charge in [-0.1, -0.05) is 43.5 Å². The van der Waals surface area contributed by atoms with E-state index in [1.165, 1.54) is 6.42 Å². The monoisotopic (exact) mass is 419 g/mol. The number of nitrogens with one attached hydrogen (secondary N) is 2. The fourth-order valence-corrected chi connectivity index (χ4v) is 4.35. The maximum Gasteiger partial charge on any atom is 0.255 e. The molecular formula is C25H29N3O3. The second kappa shape index (κ2) is 9.77. The molecule has 4 rings (SSSR count). The summed E-state index contributed by atoms with van der Waals surface area (Å²) >= 11 is 0. The van der Waals surface area contributed by atoms with E-state index in [0.717, 1.165) is 44.2 Å². The highest BCUT2D eigenvalue weighted by Crippen LogP contribution is 2.21. The number of carbonyl (C=O) groups is 3. The molecule has 1 aliphatic heterocycles. The number of nitrogens with zero attached hydrogens (tertiary/aromatic N) is 1. The van der Waals surface area contributed by atoms with Gasteiger partial charge in [-0.3, -0.25) is 14.4 Å². The summed E-state index contributed by atoms with van der Waals surface area (Å²) in [5.74, 6) is -0.222. The zero-order chi connectivity index (χ0) is 21.6. The molecule has 3 amide bonds. The van der Waals surface area contributed by atoms with Crippen LogP contribution < -0.4 is 10.6 Å². The van der Waals surface area contributed by atoms with Crippen molar-refractivity contribution in [2.45, 2.75) is 57.5 Å². The number of anilines is 1. The number of rotatable bonds is 6. The lowest BCUT2D eigenvalue weighted by molar-refractivity contribution is -0.128. The lowest BCUT2D eigenvalue weighted by Crippen LogP contribution is -2.36. The van der Waals surface area contributed by atoms with Crippen molar-refractivity contribution in [3.8, 4) is 0 Å². The molecule has 2 aromatic carbocycles. The molecule has 1 aliphatic carbocycles. The van der Waals surface area contributed by atoms with Gasteiger partial charge in [0.2, 0.25) is 5.91 Å². The summed E-state index contributed by atoms with van der Waals surface area (Å²) < 4.78 is 0. The quantitative estimate of drug-likeness (QED) is 0.739. The van der Waals surface area contributed by atoms with Crippen molar-refractivity contribution in [1.82, 2.24) is 10.2 Å². The van der Waals surface area contributed by atoms with Crippen LogP contribution in [0.3, 0.4) is 0 Å². The Kier molecular flexibility index (Phi) is 6.65. The third-order valence-corrected chi connectivity index (χ3v) is 6.12. The Balaban J connectivity index is 1.40. The van der Waals surface area contributed by atoms with Crippen LogP contribution in [0, 0.1) is 0 Å². The van der Waals surface area contributed by atoms with Crippen LogP contribution in [-0.2, 0) is 11.3 Å². The number of carbonyl (C=O) groups excluding carboxylic acids is 3. The number of para-hydroxylation sites is 1. The molecule has 1 heterocycles. The highest BCUT2D eigenvalue weighted by atomic mass is 16.2. The van der Waals surface area contributed by atoms with Crippen LogP contribution >= 0.6 is 0 Å². The summed E-state index contributed by atoms with van der Waals surface area (Å²) in [6, 6.07) is 14.6. The second-order valence-electron chi connectivity index (χ2n) is 8.42. The summed E-state index contributed by atoms with van der Waals surface area (Å²) in [7, 11) is 0. The highest BCUT2D eigenvalue weighted by Gasteiger charge is 2.21. The molecule has 0 aromatic heterocycles. The summed E-state index contributed by atoms with van der Waals surface area (Å²) in [6.45, 7) is 1.37. The van der Waals surface area contributed by atoms with Gasteiger partial charge in [0.15, 0.2) is 0 Å². The molecule has 0 bridgehead atoms. The van der Waals surface area contributed by atoms with Crippen LogP contribution in [0.1, 0.15) is 71.2 Å². The Morgan fingerprint density at radius 1 is 0.903 bits per heavy atom. The Bertz CT molecular complexity index is 949. The van der Waals surface area contributed by atoms with E-state index >= 15 is 0 Å². The van der Waals surface area contributed by atoms with Crippen molar-refractivity contribution in [2.75, 3.05) is 11.9 Å². The topological polar surface area (TPSA) is 78.5 Å². The summed E-state index contributed by atoms with van der Waals surface area (Å²) in [4.78, 5) is 39.2. The highest BCUT2D eigenvalue weighted by molar-refractivity contribution is 6.09. The van der Waals surface area contributed by atoms with Crippen molar-refractivity contribution < 1.29 is 14.4 Å². The first kappa shape index (κ1) is 21.1. The Hall–Kier alpha value is -3.15. The smallest absolute Gasteiger partial charge is 0.255 e. The molecule has 0 atom stereocenters. The van der Waals surface area contributed by atoms with Gasteiger partial charge in [-0.15, -0.1) is 0 Å². The molecule has 2 fully saturated rings. The molecule has 0 unspecified atom stereocenters. The van der Waals surface area contributed by atoms with Crippen LogP contribution in [0.25, 0.3) is 0 Å². The third-order valence-electron chi connectivity index (χ3n) is 6.12. The van der Waals surface area contributed by atoms with E-state index in [1.807, 2.05) is 23.1 Å². The van der Waals surface area contributed by atoms with Crippen LogP contribution in [0.2, 0.25) is 0 Å². The second-order valence-corrected chi connectivity index (χ2v) is 8.42. The Morgan fingerprint density at radius 2 is 1.65 bits per heavy atom. The SMILES string of the molecule is O=C(Nc1ccccc1C(=O)NC1CCCCC1)c1ccc(CN2CCCC2=O)cc1. The molecule has 31 heavy (non-hydrogen) atoms. The maximum atomic E-state index is 12.8. The van der Waals surface area contributed by atoms with Crippen LogP contribution in [0.15, 0.2) is 48.5 Å². The molecule has 0 spiro atoms. The lowest BCUT2D eigenvalue weighted by Gasteiger charge is -2.23. The molecule has 1 saturated carbocycles. The third kappa shape index (κ3) is 5.32. The number of hydrogen-bond acceptors (Lipinski definition) is 3. The summed E-state index contributed by atoms with van der Waals surface area (Å²) in [6.07, 6.45) is 7.06. The normalized spacial score (nSPS) is 16.9. The van der Waals surface area contributed by atoms with Gasteiger partial charge < -0.3 is 15.5 Å². The average Bonchev–Trinajstić information content (AvgIpc) is 3.19. The van der Waals surface area contributed by atoms with Crippen LogP contribution in [0.4, 0.5) is 5.69 Å². The van der Waals surface area contributed by atoms with E-state index < -0.39 is 0 Å². The number of amides is 3. The first-order valence-electron chi connectivity index (χ1n) is 11.2. The van der Waals surface area contributed by atoms with Crippen molar-refractivity contribution in [2.24, 2.45) is 0 Å². The van der Waals surface area contributed by atoms with E-state index in [2.05, 4.69) is 10.6 Å². The average molecular weight is 420 g/mol. The maximum absolute atomic E-state index is 12.8. The predicted molar refractivity (Wildman–Crippen MR) is 120 cm³/mol. The van der Waals surface area contributed by atoms with Gasteiger partial charge in [-0.05, 0) is 49.1 Å². The largest absolute Gasteiger partial charge is 0.349 e. The minimum absolute atomic E-state index is 0.145. The molecule has 6 nitrogen and oxygen atoms in total. The molecule has 162 valence electrons. The summed E-state index contributed by atoms with van der Waals surface area (Å²) in [5, 5.41) is 5.99. The minimum Gasteiger partial charge on any atom is -0.349 e. The molecule has 2 aliphatic rings.